The van der Waals surface area contributed by atoms with E-state index in [1.54, 1.807) is 10.9 Å². The minimum atomic E-state index is 0.792. The van der Waals surface area contributed by atoms with E-state index in [2.05, 4.69) is 38.9 Å². The van der Waals surface area contributed by atoms with Gasteiger partial charge in [-0.25, -0.2) is 9.67 Å². The number of nitrogens with zero attached hydrogens (tertiary/aromatic N) is 3. The van der Waals surface area contributed by atoms with Crippen LogP contribution in [0.25, 0.3) is 5.82 Å². The van der Waals surface area contributed by atoms with E-state index in [0.29, 0.717) is 0 Å². The smallest absolute Gasteiger partial charge is 0.154 e. The van der Waals surface area contributed by atoms with Crippen LogP contribution in [-0.2, 0) is 0 Å². The van der Waals surface area contributed by atoms with Crippen molar-refractivity contribution in [2.75, 3.05) is 0 Å². The van der Waals surface area contributed by atoms with Crippen LogP contribution in [0.3, 0.4) is 0 Å². The summed E-state index contributed by atoms with van der Waals surface area (Å²) in [7, 11) is 0. The minimum absolute atomic E-state index is 0.792. The second kappa shape index (κ2) is 3.22. The Morgan fingerprint density at radius 3 is 2.92 bits per heavy atom. The zero-order chi connectivity index (χ0) is 8.39. The lowest BCUT2D eigenvalue weighted by atomic mass is 10.5. The standard InChI is InChI=1S/C8H5IN3/c9-7-4-6-12(11-7)8-3-1-2-5-10-8/h1-5H. The first-order chi connectivity index (χ1) is 5.86. The number of aromatic nitrogens is 3. The van der Waals surface area contributed by atoms with Gasteiger partial charge in [-0.3, -0.25) is 0 Å². The quantitative estimate of drug-likeness (QED) is 0.738. The average Bonchev–Trinajstić information content (AvgIpc) is 2.54. The van der Waals surface area contributed by atoms with Gasteiger partial charge >= 0.3 is 0 Å². The van der Waals surface area contributed by atoms with Crippen molar-refractivity contribution in [2.24, 2.45) is 0 Å². The van der Waals surface area contributed by atoms with Crippen LogP contribution in [0.5, 0.6) is 0 Å². The molecule has 1 radical (unpaired) electrons. The maximum Gasteiger partial charge on any atom is 0.154 e. The predicted octanol–water partition coefficient (Wildman–Crippen LogP) is 1.67. The highest BCUT2D eigenvalue weighted by Crippen LogP contribution is 2.04. The van der Waals surface area contributed by atoms with E-state index in [0.717, 1.165) is 9.52 Å². The van der Waals surface area contributed by atoms with Gasteiger partial charge in [0.2, 0.25) is 0 Å². The Hall–Kier alpha value is -0.910. The average molecular weight is 270 g/mol. The summed E-state index contributed by atoms with van der Waals surface area (Å²) >= 11 is 2.14. The van der Waals surface area contributed by atoms with E-state index in [1.165, 1.54) is 0 Å². The number of halogens is 1. The van der Waals surface area contributed by atoms with Crippen LogP contribution >= 0.6 is 22.6 Å². The van der Waals surface area contributed by atoms with Crippen molar-refractivity contribution >= 4 is 22.6 Å². The maximum absolute atomic E-state index is 4.17. The van der Waals surface area contributed by atoms with Gasteiger partial charge < -0.3 is 0 Å². The van der Waals surface area contributed by atoms with E-state index in [-0.39, 0.29) is 0 Å². The van der Waals surface area contributed by atoms with Crippen LogP contribution < -0.4 is 0 Å². The van der Waals surface area contributed by atoms with Crippen molar-refractivity contribution in [2.45, 2.75) is 0 Å². The molecule has 0 N–H and O–H groups in total. The summed E-state index contributed by atoms with van der Waals surface area (Å²) in [5.74, 6) is 0.792. The van der Waals surface area contributed by atoms with Crippen LogP contribution in [0.2, 0.25) is 0 Å². The molecule has 0 fully saturated rings. The van der Waals surface area contributed by atoms with Crippen molar-refractivity contribution in [3.05, 3.63) is 40.4 Å². The molecule has 0 spiro atoms. The maximum atomic E-state index is 4.17. The Labute approximate surface area is 83.6 Å². The molecule has 0 amide bonds. The molecule has 0 atom stereocenters. The van der Waals surface area contributed by atoms with E-state index < -0.39 is 0 Å². The van der Waals surface area contributed by atoms with Gasteiger partial charge in [0.15, 0.2) is 5.82 Å². The van der Waals surface area contributed by atoms with Gasteiger partial charge in [0.25, 0.3) is 0 Å². The van der Waals surface area contributed by atoms with Crippen molar-refractivity contribution in [1.82, 2.24) is 14.8 Å². The van der Waals surface area contributed by atoms with Gasteiger partial charge in [0, 0.05) is 6.20 Å². The largest absolute Gasteiger partial charge is 0.237 e. The zero-order valence-electron chi connectivity index (χ0n) is 6.11. The lowest BCUT2D eigenvalue weighted by Gasteiger charge is -1.96. The molecule has 0 saturated heterocycles. The van der Waals surface area contributed by atoms with E-state index in [9.17, 15) is 0 Å². The first kappa shape index (κ1) is 7.72. The Balaban J connectivity index is 2.45. The van der Waals surface area contributed by atoms with Gasteiger partial charge in [0.1, 0.15) is 3.70 Å². The lowest BCUT2D eigenvalue weighted by molar-refractivity contribution is 0.832. The summed E-state index contributed by atoms with van der Waals surface area (Å²) in [5.41, 5.74) is 0. The first-order valence-corrected chi connectivity index (χ1v) is 4.49. The van der Waals surface area contributed by atoms with Crippen LogP contribution in [-0.4, -0.2) is 14.8 Å². The minimum Gasteiger partial charge on any atom is -0.237 e. The molecule has 2 rings (SSSR count). The Morgan fingerprint density at radius 1 is 1.42 bits per heavy atom. The molecule has 0 aromatic carbocycles. The highest BCUT2D eigenvalue weighted by atomic mass is 127. The zero-order valence-corrected chi connectivity index (χ0v) is 8.26. The molecule has 0 unspecified atom stereocenters. The van der Waals surface area contributed by atoms with E-state index >= 15 is 0 Å². The highest BCUT2D eigenvalue weighted by molar-refractivity contribution is 14.1. The van der Waals surface area contributed by atoms with Gasteiger partial charge in [-0.1, -0.05) is 6.07 Å². The van der Waals surface area contributed by atoms with Crippen molar-refractivity contribution in [1.29, 1.82) is 0 Å². The molecule has 12 heavy (non-hydrogen) atoms. The van der Waals surface area contributed by atoms with Gasteiger partial charge in [-0.05, 0) is 40.8 Å². The molecule has 2 aromatic rings. The van der Waals surface area contributed by atoms with Crippen molar-refractivity contribution in [3.8, 4) is 5.82 Å². The summed E-state index contributed by atoms with van der Waals surface area (Å²) in [6.07, 6.45) is 4.69. The highest BCUT2D eigenvalue weighted by Gasteiger charge is 1.97. The third-order valence-electron chi connectivity index (χ3n) is 1.37. The molecule has 4 heteroatoms. The number of hydrogen-bond donors (Lipinski definition) is 0. The van der Waals surface area contributed by atoms with Crippen LogP contribution in [0.4, 0.5) is 0 Å². The van der Waals surface area contributed by atoms with E-state index in [1.807, 2.05) is 24.3 Å². The molecule has 2 aromatic heterocycles. The lowest BCUT2D eigenvalue weighted by Crippen LogP contribution is -1.97. The normalized spacial score (nSPS) is 10.1. The fourth-order valence-corrected chi connectivity index (χ4v) is 1.22. The van der Waals surface area contributed by atoms with Gasteiger partial charge in [0.05, 0.1) is 6.20 Å². The molecule has 0 saturated carbocycles. The molecule has 59 valence electrons. The van der Waals surface area contributed by atoms with Crippen LogP contribution in [0.15, 0.2) is 30.5 Å². The third kappa shape index (κ3) is 1.47. The topological polar surface area (TPSA) is 30.7 Å². The molecule has 0 aliphatic heterocycles. The second-order valence-electron chi connectivity index (χ2n) is 2.20. The van der Waals surface area contributed by atoms with Crippen LogP contribution in [0.1, 0.15) is 0 Å². The summed E-state index contributed by atoms with van der Waals surface area (Å²) in [4.78, 5) is 4.13. The number of rotatable bonds is 1. The molecule has 0 aliphatic rings. The summed E-state index contributed by atoms with van der Waals surface area (Å²) in [6.45, 7) is 0. The summed E-state index contributed by atoms with van der Waals surface area (Å²) in [6, 6.07) is 7.50. The SMILES string of the molecule is Ic1c[c]n(-c2ccccn2)n1. The Kier molecular flexibility index (Phi) is 2.07. The Bertz CT molecular complexity index is 369. The third-order valence-corrected chi connectivity index (χ3v) is 1.89. The second-order valence-corrected chi connectivity index (χ2v) is 3.30. The molecule has 2 heterocycles. The predicted molar refractivity (Wildman–Crippen MR) is 52.9 cm³/mol. The molecular weight excluding hydrogens is 265 g/mol. The number of pyridine rings is 1. The van der Waals surface area contributed by atoms with Crippen molar-refractivity contribution in [3.63, 3.8) is 0 Å². The monoisotopic (exact) mass is 270 g/mol. The Morgan fingerprint density at radius 2 is 2.33 bits per heavy atom. The summed E-state index contributed by atoms with van der Waals surface area (Å²) < 4.78 is 2.54. The van der Waals surface area contributed by atoms with Crippen LogP contribution in [0, 0.1) is 9.90 Å². The molecule has 3 nitrogen and oxygen atoms in total. The molecular formula is C8H5IN3. The fourth-order valence-electron chi connectivity index (χ4n) is 0.864. The van der Waals surface area contributed by atoms with Gasteiger partial charge in [-0.15, -0.1) is 0 Å². The first-order valence-electron chi connectivity index (χ1n) is 3.41. The fraction of sp³-hybridized carbons (Fsp3) is 0. The molecule has 0 bridgehead atoms. The van der Waals surface area contributed by atoms with E-state index in [4.69, 9.17) is 0 Å². The molecule has 0 aliphatic carbocycles. The van der Waals surface area contributed by atoms with Crippen molar-refractivity contribution < 1.29 is 0 Å². The number of hydrogen-bond acceptors (Lipinski definition) is 2. The summed E-state index contributed by atoms with van der Waals surface area (Å²) in [5, 5.41) is 4.17. The van der Waals surface area contributed by atoms with Gasteiger partial charge in [-0.2, -0.15) is 5.10 Å².